The third kappa shape index (κ3) is 16.9. The molecule has 1 amide bonds. The molecule has 0 fully saturated rings. The van der Waals surface area contributed by atoms with E-state index in [0.717, 1.165) is 6.42 Å². The van der Waals surface area contributed by atoms with Crippen LogP contribution >= 0.6 is 0 Å². The molecule has 0 saturated heterocycles. The SMILES string of the molecule is CC#CCOCCOCCOCCOCCNC(=O)CCC.[HH]. The van der Waals surface area contributed by atoms with Crippen LogP contribution in [-0.2, 0) is 23.7 Å². The molecule has 0 radical (unpaired) electrons. The summed E-state index contributed by atoms with van der Waals surface area (Å²) in [5, 5.41) is 2.78. The van der Waals surface area contributed by atoms with Crippen LogP contribution in [0.2, 0.25) is 0 Å². The lowest BCUT2D eigenvalue weighted by Gasteiger charge is -2.07. The van der Waals surface area contributed by atoms with Gasteiger partial charge in [0.2, 0.25) is 5.91 Å². The van der Waals surface area contributed by atoms with Crippen LogP contribution in [0.3, 0.4) is 0 Å². The summed E-state index contributed by atoms with van der Waals surface area (Å²) in [7, 11) is 0. The molecule has 0 heterocycles. The molecule has 0 aromatic carbocycles. The first kappa shape index (κ1) is 20.9. The van der Waals surface area contributed by atoms with Crippen molar-refractivity contribution in [3.63, 3.8) is 0 Å². The first-order chi connectivity index (χ1) is 10.8. The summed E-state index contributed by atoms with van der Waals surface area (Å²) in [6.45, 7) is 8.46. The van der Waals surface area contributed by atoms with Crippen molar-refractivity contribution >= 4 is 5.91 Å². The van der Waals surface area contributed by atoms with Gasteiger partial charge in [0, 0.05) is 14.4 Å². The van der Waals surface area contributed by atoms with E-state index >= 15 is 0 Å². The first-order valence-corrected chi connectivity index (χ1v) is 7.78. The predicted octanol–water partition coefficient (Wildman–Crippen LogP) is 1.24. The van der Waals surface area contributed by atoms with E-state index in [-0.39, 0.29) is 7.33 Å². The molecular formula is C16H31NO5. The molecule has 0 aromatic heterocycles. The van der Waals surface area contributed by atoms with Crippen molar-refractivity contribution in [2.75, 3.05) is 59.4 Å². The lowest BCUT2D eigenvalue weighted by atomic mass is 10.3. The van der Waals surface area contributed by atoms with Gasteiger partial charge in [0.25, 0.3) is 0 Å². The van der Waals surface area contributed by atoms with Crippen molar-refractivity contribution < 1.29 is 25.2 Å². The van der Waals surface area contributed by atoms with Crippen molar-refractivity contribution in [3.8, 4) is 11.8 Å². The largest absolute Gasteiger partial charge is 0.377 e. The van der Waals surface area contributed by atoms with E-state index in [2.05, 4.69) is 17.2 Å². The van der Waals surface area contributed by atoms with Gasteiger partial charge in [-0.15, -0.1) is 5.92 Å². The summed E-state index contributed by atoms with van der Waals surface area (Å²) < 4.78 is 21.2. The van der Waals surface area contributed by atoms with Crippen LogP contribution in [-0.4, -0.2) is 65.3 Å². The van der Waals surface area contributed by atoms with E-state index in [4.69, 9.17) is 18.9 Å². The van der Waals surface area contributed by atoms with Crippen molar-refractivity contribution in [3.05, 3.63) is 0 Å². The van der Waals surface area contributed by atoms with Crippen molar-refractivity contribution in [2.45, 2.75) is 26.7 Å². The fourth-order valence-corrected chi connectivity index (χ4v) is 1.43. The van der Waals surface area contributed by atoms with Crippen LogP contribution in [0.15, 0.2) is 0 Å². The van der Waals surface area contributed by atoms with Gasteiger partial charge in [-0.1, -0.05) is 12.8 Å². The molecule has 0 aliphatic rings. The molecule has 0 aliphatic carbocycles. The molecule has 6 nitrogen and oxygen atoms in total. The number of nitrogens with one attached hydrogen (secondary N) is 1. The normalized spacial score (nSPS) is 10.1. The van der Waals surface area contributed by atoms with E-state index in [0.29, 0.717) is 65.8 Å². The van der Waals surface area contributed by atoms with E-state index in [9.17, 15) is 4.79 Å². The molecular weight excluding hydrogens is 286 g/mol. The van der Waals surface area contributed by atoms with Gasteiger partial charge in [0.05, 0.1) is 46.2 Å². The predicted molar refractivity (Wildman–Crippen MR) is 86.8 cm³/mol. The van der Waals surface area contributed by atoms with E-state index in [1.54, 1.807) is 6.92 Å². The number of rotatable bonds is 15. The van der Waals surface area contributed by atoms with Gasteiger partial charge in [-0.25, -0.2) is 0 Å². The van der Waals surface area contributed by atoms with Gasteiger partial charge in [-0.3, -0.25) is 4.79 Å². The van der Waals surface area contributed by atoms with Gasteiger partial charge in [-0.2, -0.15) is 0 Å². The molecule has 0 bridgehead atoms. The Morgan fingerprint density at radius 2 is 1.50 bits per heavy atom. The third-order valence-electron chi connectivity index (χ3n) is 2.51. The fourth-order valence-electron chi connectivity index (χ4n) is 1.43. The molecule has 0 aromatic rings. The fraction of sp³-hybridized carbons (Fsp3) is 0.812. The van der Waals surface area contributed by atoms with Crippen molar-refractivity contribution in [1.82, 2.24) is 5.32 Å². The van der Waals surface area contributed by atoms with E-state index in [1.165, 1.54) is 0 Å². The van der Waals surface area contributed by atoms with Crippen molar-refractivity contribution in [1.29, 1.82) is 0 Å². The van der Waals surface area contributed by atoms with Crippen LogP contribution in [0.4, 0.5) is 0 Å². The topological polar surface area (TPSA) is 66.0 Å². The Balaban J connectivity index is 0. The maximum Gasteiger partial charge on any atom is 0.220 e. The summed E-state index contributed by atoms with van der Waals surface area (Å²) in [4.78, 5) is 11.2. The summed E-state index contributed by atoms with van der Waals surface area (Å²) in [6.07, 6.45) is 1.43. The lowest BCUT2D eigenvalue weighted by Crippen LogP contribution is -2.27. The zero-order chi connectivity index (χ0) is 16.3. The average Bonchev–Trinajstić information content (AvgIpc) is 2.51. The molecule has 0 rings (SSSR count). The van der Waals surface area contributed by atoms with Gasteiger partial charge < -0.3 is 24.3 Å². The van der Waals surface area contributed by atoms with E-state index < -0.39 is 0 Å². The highest BCUT2D eigenvalue weighted by molar-refractivity contribution is 5.75. The van der Waals surface area contributed by atoms with Gasteiger partial charge in [0.1, 0.15) is 6.61 Å². The second-order valence-corrected chi connectivity index (χ2v) is 4.42. The molecule has 0 unspecified atom stereocenters. The van der Waals surface area contributed by atoms with Crippen LogP contribution < -0.4 is 5.32 Å². The quantitative estimate of drug-likeness (QED) is 0.364. The lowest BCUT2D eigenvalue weighted by molar-refractivity contribution is -0.121. The number of carbonyl (C=O) groups is 1. The van der Waals surface area contributed by atoms with Gasteiger partial charge in [0.15, 0.2) is 0 Å². The monoisotopic (exact) mass is 317 g/mol. The second kappa shape index (κ2) is 17.9. The molecule has 1 N–H and O–H groups in total. The van der Waals surface area contributed by atoms with Crippen LogP contribution in [0, 0.1) is 11.8 Å². The minimum absolute atomic E-state index is 0. The summed E-state index contributed by atoms with van der Waals surface area (Å²) >= 11 is 0. The van der Waals surface area contributed by atoms with Crippen molar-refractivity contribution in [2.24, 2.45) is 0 Å². The molecule has 6 heteroatoms. The standard InChI is InChI=1S/C16H29NO5.H2/c1-3-5-8-19-10-12-21-14-15-22-13-11-20-9-7-17-16(18)6-4-2;/h4,6-15H2,1-2H3,(H,17,18);1H. The zero-order valence-corrected chi connectivity index (χ0v) is 13.8. The van der Waals surface area contributed by atoms with Crippen LogP contribution in [0.25, 0.3) is 0 Å². The maximum atomic E-state index is 11.2. The second-order valence-electron chi connectivity index (χ2n) is 4.42. The number of carbonyl (C=O) groups excluding carboxylic acids is 1. The molecule has 0 aliphatic heterocycles. The number of hydrogen-bond donors (Lipinski definition) is 1. The Morgan fingerprint density at radius 1 is 0.955 bits per heavy atom. The van der Waals surface area contributed by atoms with Gasteiger partial charge in [-0.05, 0) is 13.3 Å². The molecule has 0 spiro atoms. The molecule has 0 atom stereocenters. The highest BCUT2D eigenvalue weighted by atomic mass is 16.6. The van der Waals surface area contributed by atoms with Crippen LogP contribution in [0.1, 0.15) is 28.1 Å². The Hall–Kier alpha value is -1.13. The average molecular weight is 317 g/mol. The Bertz CT molecular complexity index is 317. The third-order valence-corrected chi connectivity index (χ3v) is 2.51. The minimum Gasteiger partial charge on any atom is -0.377 e. The maximum absolute atomic E-state index is 11.2. The van der Waals surface area contributed by atoms with Gasteiger partial charge >= 0.3 is 0 Å². The Morgan fingerprint density at radius 3 is 2.05 bits per heavy atom. The Kier molecular flexibility index (Phi) is 17.0. The highest BCUT2D eigenvalue weighted by Crippen LogP contribution is 1.85. The number of ether oxygens (including phenoxy) is 4. The Labute approximate surface area is 135 Å². The molecule has 0 saturated carbocycles. The highest BCUT2D eigenvalue weighted by Gasteiger charge is 1.97. The molecule has 130 valence electrons. The van der Waals surface area contributed by atoms with E-state index in [1.807, 2.05) is 6.92 Å². The smallest absolute Gasteiger partial charge is 0.220 e. The number of hydrogen-bond acceptors (Lipinski definition) is 5. The first-order valence-electron chi connectivity index (χ1n) is 7.78. The summed E-state index contributed by atoms with van der Waals surface area (Å²) in [5.74, 6) is 5.64. The number of amides is 1. The summed E-state index contributed by atoms with van der Waals surface area (Å²) in [6, 6.07) is 0. The zero-order valence-electron chi connectivity index (χ0n) is 13.8. The molecule has 22 heavy (non-hydrogen) atoms. The summed E-state index contributed by atoms with van der Waals surface area (Å²) in [5.41, 5.74) is 0. The van der Waals surface area contributed by atoms with Crippen LogP contribution in [0.5, 0.6) is 0 Å². The minimum atomic E-state index is 0.